The average Bonchev–Trinajstić information content (AvgIpc) is 2.78. The van der Waals surface area contributed by atoms with Crippen LogP contribution in [0.25, 0.3) is 5.65 Å². The van der Waals surface area contributed by atoms with Gasteiger partial charge in [0.15, 0.2) is 5.65 Å². The summed E-state index contributed by atoms with van der Waals surface area (Å²) in [6.07, 6.45) is 1.99. The SMILES string of the molecule is Cc1nnc2ccc(C(=O)N[C@H](CC(C)C)C(=O)O)cn12. The van der Waals surface area contributed by atoms with Crippen LogP contribution in [0.4, 0.5) is 0 Å². The number of rotatable bonds is 5. The van der Waals surface area contributed by atoms with Gasteiger partial charge in [0.1, 0.15) is 11.9 Å². The largest absolute Gasteiger partial charge is 0.480 e. The molecule has 2 rings (SSSR count). The number of hydrogen-bond acceptors (Lipinski definition) is 4. The van der Waals surface area contributed by atoms with Gasteiger partial charge in [0.2, 0.25) is 0 Å². The van der Waals surface area contributed by atoms with Gasteiger partial charge in [-0.1, -0.05) is 13.8 Å². The van der Waals surface area contributed by atoms with Crippen molar-refractivity contribution in [1.82, 2.24) is 19.9 Å². The summed E-state index contributed by atoms with van der Waals surface area (Å²) in [4.78, 5) is 23.4. The molecule has 7 nitrogen and oxygen atoms in total. The van der Waals surface area contributed by atoms with Gasteiger partial charge in [-0.3, -0.25) is 9.20 Å². The molecule has 0 unspecified atom stereocenters. The number of aliphatic carboxylic acids is 1. The van der Waals surface area contributed by atoms with Crippen LogP contribution in [0, 0.1) is 12.8 Å². The first-order valence-corrected chi connectivity index (χ1v) is 6.73. The Morgan fingerprint density at radius 3 is 2.67 bits per heavy atom. The maximum absolute atomic E-state index is 12.2. The molecule has 0 aliphatic rings. The van der Waals surface area contributed by atoms with E-state index in [1.165, 1.54) is 0 Å². The van der Waals surface area contributed by atoms with Gasteiger partial charge in [-0.05, 0) is 31.4 Å². The van der Waals surface area contributed by atoms with Crippen LogP contribution in [0.5, 0.6) is 0 Å². The Hall–Kier alpha value is -2.44. The molecule has 112 valence electrons. The molecule has 2 N–H and O–H groups in total. The van der Waals surface area contributed by atoms with Crippen LogP contribution in [0.15, 0.2) is 18.3 Å². The lowest BCUT2D eigenvalue weighted by Crippen LogP contribution is -2.41. The molecule has 0 aliphatic heterocycles. The minimum atomic E-state index is -1.03. The van der Waals surface area contributed by atoms with E-state index in [4.69, 9.17) is 5.11 Å². The highest BCUT2D eigenvalue weighted by molar-refractivity contribution is 5.96. The van der Waals surface area contributed by atoms with E-state index in [-0.39, 0.29) is 5.92 Å². The van der Waals surface area contributed by atoms with Crippen molar-refractivity contribution in [3.63, 3.8) is 0 Å². The predicted octanol–water partition coefficient (Wildman–Crippen LogP) is 1.27. The van der Waals surface area contributed by atoms with Crippen LogP contribution >= 0.6 is 0 Å². The number of carboxylic acid groups (broad SMARTS) is 1. The lowest BCUT2D eigenvalue weighted by Gasteiger charge is -2.16. The molecule has 2 heterocycles. The molecule has 2 aromatic rings. The van der Waals surface area contributed by atoms with Crippen molar-refractivity contribution in [2.45, 2.75) is 33.2 Å². The second-order valence-electron chi connectivity index (χ2n) is 5.39. The van der Waals surface area contributed by atoms with Crippen LogP contribution in [-0.2, 0) is 4.79 Å². The minimum Gasteiger partial charge on any atom is -0.480 e. The van der Waals surface area contributed by atoms with E-state index in [2.05, 4.69) is 15.5 Å². The third-order valence-corrected chi connectivity index (χ3v) is 3.15. The summed E-state index contributed by atoms with van der Waals surface area (Å²) in [5, 5.41) is 19.6. The maximum atomic E-state index is 12.2. The maximum Gasteiger partial charge on any atom is 0.326 e. The van der Waals surface area contributed by atoms with E-state index in [0.717, 1.165) is 0 Å². The van der Waals surface area contributed by atoms with Crippen molar-refractivity contribution in [3.8, 4) is 0 Å². The lowest BCUT2D eigenvalue weighted by molar-refractivity contribution is -0.139. The van der Waals surface area contributed by atoms with Crippen molar-refractivity contribution in [2.24, 2.45) is 5.92 Å². The Balaban J connectivity index is 2.20. The van der Waals surface area contributed by atoms with Gasteiger partial charge >= 0.3 is 5.97 Å². The van der Waals surface area contributed by atoms with Crippen molar-refractivity contribution < 1.29 is 14.7 Å². The summed E-state index contributed by atoms with van der Waals surface area (Å²) in [6, 6.07) is 2.38. The number of hydrogen-bond donors (Lipinski definition) is 2. The molecule has 0 bridgehead atoms. The third kappa shape index (κ3) is 3.36. The molecule has 1 atom stereocenters. The highest BCUT2D eigenvalue weighted by atomic mass is 16.4. The van der Waals surface area contributed by atoms with E-state index in [9.17, 15) is 9.59 Å². The molecule has 0 radical (unpaired) electrons. The summed E-state index contributed by atoms with van der Waals surface area (Å²) < 4.78 is 1.69. The van der Waals surface area contributed by atoms with E-state index < -0.39 is 17.9 Å². The van der Waals surface area contributed by atoms with E-state index >= 15 is 0 Å². The summed E-state index contributed by atoms with van der Waals surface area (Å²) in [5.41, 5.74) is 1.02. The number of fused-ring (bicyclic) bond motifs is 1. The number of aryl methyl sites for hydroxylation is 1. The Bertz CT molecular complexity index is 678. The van der Waals surface area contributed by atoms with Gasteiger partial charge in [0, 0.05) is 6.20 Å². The summed E-state index contributed by atoms with van der Waals surface area (Å²) >= 11 is 0. The molecule has 21 heavy (non-hydrogen) atoms. The Labute approximate surface area is 122 Å². The third-order valence-electron chi connectivity index (χ3n) is 3.15. The topological polar surface area (TPSA) is 96.6 Å². The van der Waals surface area contributed by atoms with Gasteiger partial charge in [-0.25, -0.2) is 4.79 Å². The first-order chi connectivity index (χ1) is 9.88. The normalized spacial score (nSPS) is 12.6. The number of pyridine rings is 1. The van der Waals surface area contributed by atoms with Gasteiger partial charge in [-0.2, -0.15) is 0 Å². The van der Waals surface area contributed by atoms with Gasteiger partial charge in [-0.15, -0.1) is 10.2 Å². The number of amides is 1. The minimum absolute atomic E-state index is 0.175. The second-order valence-corrected chi connectivity index (χ2v) is 5.39. The summed E-state index contributed by atoms with van der Waals surface area (Å²) in [6.45, 7) is 5.60. The fourth-order valence-electron chi connectivity index (χ4n) is 2.07. The standard InChI is InChI=1S/C14H18N4O3/c1-8(2)6-11(14(20)21)15-13(19)10-4-5-12-17-16-9(3)18(12)7-10/h4-5,7-8,11H,6H2,1-3H3,(H,15,19)(H,20,21)/t11-/m1/s1. The Morgan fingerprint density at radius 1 is 1.33 bits per heavy atom. The molecule has 0 spiro atoms. The van der Waals surface area contributed by atoms with Gasteiger partial charge in [0.05, 0.1) is 5.56 Å². The number of carboxylic acids is 1. The summed E-state index contributed by atoms with van der Waals surface area (Å²) in [5.74, 6) is -0.609. The van der Waals surface area contributed by atoms with Crippen molar-refractivity contribution in [3.05, 3.63) is 29.7 Å². The van der Waals surface area contributed by atoms with E-state index in [1.54, 1.807) is 29.7 Å². The molecule has 7 heteroatoms. The fraction of sp³-hybridized carbons (Fsp3) is 0.429. The molecule has 0 saturated carbocycles. The number of nitrogens with zero attached hydrogens (tertiary/aromatic N) is 3. The van der Waals surface area contributed by atoms with Crippen molar-refractivity contribution in [1.29, 1.82) is 0 Å². The average molecular weight is 290 g/mol. The molecule has 1 amide bonds. The Kier molecular flexibility index (Phi) is 4.21. The Morgan fingerprint density at radius 2 is 2.05 bits per heavy atom. The molecule has 0 aliphatic carbocycles. The molecule has 0 aromatic carbocycles. The van der Waals surface area contributed by atoms with Crippen LogP contribution in [0.2, 0.25) is 0 Å². The fourth-order valence-corrected chi connectivity index (χ4v) is 2.07. The lowest BCUT2D eigenvalue weighted by atomic mass is 10.0. The first-order valence-electron chi connectivity index (χ1n) is 6.73. The monoisotopic (exact) mass is 290 g/mol. The molecule has 2 aromatic heterocycles. The predicted molar refractivity (Wildman–Crippen MR) is 76.1 cm³/mol. The molecular formula is C14H18N4O3. The number of carbonyl (C=O) groups is 2. The van der Waals surface area contributed by atoms with Crippen molar-refractivity contribution >= 4 is 17.5 Å². The van der Waals surface area contributed by atoms with Gasteiger partial charge < -0.3 is 10.4 Å². The number of carbonyl (C=O) groups excluding carboxylic acids is 1. The highest BCUT2D eigenvalue weighted by Gasteiger charge is 2.22. The molecular weight excluding hydrogens is 272 g/mol. The smallest absolute Gasteiger partial charge is 0.326 e. The number of nitrogens with one attached hydrogen (secondary N) is 1. The first kappa shape index (κ1) is 15.0. The van der Waals surface area contributed by atoms with E-state index in [0.29, 0.717) is 23.5 Å². The highest BCUT2D eigenvalue weighted by Crippen LogP contribution is 2.09. The van der Waals surface area contributed by atoms with Gasteiger partial charge in [0.25, 0.3) is 5.91 Å². The van der Waals surface area contributed by atoms with E-state index in [1.807, 2.05) is 13.8 Å². The summed E-state index contributed by atoms with van der Waals surface area (Å²) in [7, 11) is 0. The van der Waals surface area contributed by atoms with Crippen LogP contribution < -0.4 is 5.32 Å². The zero-order chi connectivity index (χ0) is 15.6. The van der Waals surface area contributed by atoms with Crippen LogP contribution in [0.3, 0.4) is 0 Å². The second kappa shape index (κ2) is 5.90. The molecule has 0 fully saturated rings. The van der Waals surface area contributed by atoms with Crippen molar-refractivity contribution in [2.75, 3.05) is 0 Å². The zero-order valence-corrected chi connectivity index (χ0v) is 12.2. The van der Waals surface area contributed by atoms with Crippen LogP contribution in [0.1, 0.15) is 36.5 Å². The van der Waals surface area contributed by atoms with Crippen LogP contribution in [-0.4, -0.2) is 37.6 Å². The molecule has 0 saturated heterocycles. The zero-order valence-electron chi connectivity index (χ0n) is 12.2. The quantitative estimate of drug-likeness (QED) is 0.864. The number of aromatic nitrogens is 3.